The van der Waals surface area contributed by atoms with Crippen LogP contribution in [0.3, 0.4) is 0 Å². The van der Waals surface area contributed by atoms with Crippen molar-refractivity contribution in [2.24, 2.45) is 0 Å². The molecule has 3 aromatic rings. The Morgan fingerprint density at radius 1 is 1.33 bits per heavy atom. The van der Waals surface area contributed by atoms with Crippen molar-refractivity contribution < 1.29 is 4.74 Å². The molecule has 1 fully saturated rings. The van der Waals surface area contributed by atoms with Crippen molar-refractivity contribution in [3.63, 3.8) is 0 Å². The maximum absolute atomic E-state index is 11.9. The molecule has 7 nitrogen and oxygen atoms in total. The second-order valence-corrected chi connectivity index (χ2v) is 6.90. The molecule has 0 amide bonds. The lowest BCUT2D eigenvalue weighted by molar-refractivity contribution is 0.0209. The number of nitrogens with zero attached hydrogens (tertiary/aromatic N) is 4. The fourth-order valence-electron chi connectivity index (χ4n) is 2.91. The molecule has 1 aliphatic rings. The molecule has 0 bridgehead atoms. The quantitative estimate of drug-likeness (QED) is 0.706. The lowest BCUT2D eigenvalue weighted by atomic mass is 10.2. The molecule has 0 saturated carbocycles. The highest BCUT2D eigenvalue weighted by Gasteiger charge is 2.19. The topological polar surface area (TPSA) is 74.0 Å². The molecule has 3 aromatic heterocycles. The van der Waals surface area contributed by atoms with E-state index in [1.807, 2.05) is 25.4 Å². The van der Waals surface area contributed by atoms with Gasteiger partial charge in [-0.1, -0.05) is 18.5 Å². The summed E-state index contributed by atoms with van der Waals surface area (Å²) in [5, 5.41) is 8.45. The number of aryl methyl sites for hydroxylation is 1. The highest BCUT2D eigenvalue weighted by Crippen LogP contribution is 2.28. The molecule has 140 valence electrons. The largest absolute Gasteiger partial charge is 0.377 e. The SMILES string of the molecule is CCCn1cc(-n2ccc(-c3cnc(NC4COC4)cc3Cl)n2)ccc1=O. The van der Waals surface area contributed by atoms with Crippen LogP contribution in [0.15, 0.2) is 47.7 Å². The van der Waals surface area contributed by atoms with Gasteiger partial charge in [-0.25, -0.2) is 9.67 Å². The standard InChI is InChI=1S/C19H20ClN5O2/c1-2-6-24-10-14(3-4-19(24)26)25-7-5-17(23-25)15-9-21-18(8-16(15)20)22-13-11-27-12-13/h3-5,7-10,13H,2,6,11-12H2,1H3,(H,21,22). The number of hydrogen-bond donors (Lipinski definition) is 1. The third kappa shape index (κ3) is 3.74. The number of hydrogen-bond acceptors (Lipinski definition) is 5. The second kappa shape index (κ2) is 7.54. The van der Waals surface area contributed by atoms with E-state index in [2.05, 4.69) is 15.4 Å². The summed E-state index contributed by atoms with van der Waals surface area (Å²) in [6, 6.07) is 7.29. The predicted molar refractivity (Wildman–Crippen MR) is 105 cm³/mol. The smallest absolute Gasteiger partial charge is 0.250 e. The molecular weight excluding hydrogens is 366 g/mol. The Kier molecular flexibility index (Phi) is 4.96. The van der Waals surface area contributed by atoms with E-state index in [-0.39, 0.29) is 11.6 Å². The second-order valence-electron chi connectivity index (χ2n) is 6.49. The lowest BCUT2D eigenvalue weighted by Gasteiger charge is -2.27. The van der Waals surface area contributed by atoms with E-state index in [1.54, 1.807) is 33.6 Å². The maximum Gasteiger partial charge on any atom is 0.250 e. The first-order valence-electron chi connectivity index (χ1n) is 8.91. The summed E-state index contributed by atoms with van der Waals surface area (Å²) in [5.74, 6) is 0.725. The third-order valence-electron chi connectivity index (χ3n) is 4.41. The van der Waals surface area contributed by atoms with Gasteiger partial charge in [0.2, 0.25) is 0 Å². The summed E-state index contributed by atoms with van der Waals surface area (Å²) in [5.41, 5.74) is 2.29. The van der Waals surface area contributed by atoms with Crippen molar-refractivity contribution in [3.8, 4) is 16.9 Å². The Bertz CT molecular complexity index is 1010. The highest BCUT2D eigenvalue weighted by atomic mass is 35.5. The molecule has 1 saturated heterocycles. The fraction of sp³-hybridized carbons (Fsp3) is 0.316. The summed E-state index contributed by atoms with van der Waals surface area (Å²) in [6.45, 7) is 4.09. The minimum Gasteiger partial charge on any atom is -0.377 e. The van der Waals surface area contributed by atoms with E-state index >= 15 is 0 Å². The first-order chi connectivity index (χ1) is 13.1. The van der Waals surface area contributed by atoms with Crippen LogP contribution < -0.4 is 10.9 Å². The number of nitrogens with one attached hydrogen (secondary N) is 1. The van der Waals surface area contributed by atoms with Gasteiger partial charge in [0.25, 0.3) is 5.56 Å². The number of halogens is 1. The van der Waals surface area contributed by atoms with Gasteiger partial charge in [0.15, 0.2) is 0 Å². The first kappa shape index (κ1) is 17.8. The normalized spacial score (nSPS) is 14.1. The molecule has 1 aliphatic heterocycles. The Morgan fingerprint density at radius 2 is 2.19 bits per heavy atom. The number of aromatic nitrogens is 4. The van der Waals surface area contributed by atoms with Crippen molar-refractivity contribution >= 4 is 17.4 Å². The van der Waals surface area contributed by atoms with Crippen LogP contribution in [0.1, 0.15) is 13.3 Å². The van der Waals surface area contributed by atoms with Crippen LogP contribution in [0.4, 0.5) is 5.82 Å². The van der Waals surface area contributed by atoms with Gasteiger partial charge in [0.1, 0.15) is 5.82 Å². The Labute approximate surface area is 161 Å². The summed E-state index contributed by atoms with van der Waals surface area (Å²) < 4.78 is 8.57. The van der Waals surface area contributed by atoms with E-state index in [1.165, 1.54) is 0 Å². The van der Waals surface area contributed by atoms with Crippen molar-refractivity contribution in [1.82, 2.24) is 19.3 Å². The van der Waals surface area contributed by atoms with Crippen LogP contribution in [0.25, 0.3) is 16.9 Å². The van der Waals surface area contributed by atoms with Crippen LogP contribution in [-0.4, -0.2) is 38.6 Å². The summed E-state index contributed by atoms with van der Waals surface area (Å²) in [4.78, 5) is 16.3. The molecule has 0 aromatic carbocycles. The average molecular weight is 386 g/mol. The molecule has 0 aliphatic carbocycles. The molecule has 0 spiro atoms. The molecular formula is C19H20ClN5O2. The van der Waals surface area contributed by atoms with Gasteiger partial charge < -0.3 is 14.6 Å². The van der Waals surface area contributed by atoms with Crippen LogP contribution in [0.2, 0.25) is 5.02 Å². The molecule has 8 heteroatoms. The first-order valence-corrected chi connectivity index (χ1v) is 9.28. The van der Waals surface area contributed by atoms with Gasteiger partial charge in [-0.2, -0.15) is 5.10 Å². The predicted octanol–water partition coefficient (Wildman–Crippen LogP) is 2.97. The number of rotatable bonds is 6. The van der Waals surface area contributed by atoms with E-state index in [0.717, 1.165) is 29.2 Å². The summed E-state index contributed by atoms with van der Waals surface area (Å²) in [7, 11) is 0. The van der Waals surface area contributed by atoms with Gasteiger partial charge in [0.05, 0.1) is 35.7 Å². The maximum atomic E-state index is 11.9. The van der Waals surface area contributed by atoms with E-state index < -0.39 is 0 Å². The van der Waals surface area contributed by atoms with Gasteiger partial charge in [-0.3, -0.25) is 4.79 Å². The van der Waals surface area contributed by atoms with Crippen molar-refractivity contribution in [2.75, 3.05) is 18.5 Å². The van der Waals surface area contributed by atoms with Crippen molar-refractivity contribution in [3.05, 3.63) is 58.2 Å². The fourth-order valence-corrected chi connectivity index (χ4v) is 3.16. The number of anilines is 1. The zero-order chi connectivity index (χ0) is 18.8. The molecule has 1 N–H and O–H groups in total. The number of pyridine rings is 2. The van der Waals surface area contributed by atoms with Crippen LogP contribution in [0, 0.1) is 0 Å². The van der Waals surface area contributed by atoms with Gasteiger partial charge in [0, 0.05) is 36.8 Å². The summed E-state index contributed by atoms with van der Waals surface area (Å²) >= 11 is 6.45. The highest BCUT2D eigenvalue weighted by molar-refractivity contribution is 6.33. The third-order valence-corrected chi connectivity index (χ3v) is 4.72. The molecule has 0 radical (unpaired) electrons. The van der Waals surface area contributed by atoms with Gasteiger partial charge >= 0.3 is 0 Å². The zero-order valence-electron chi connectivity index (χ0n) is 14.9. The van der Waals surface area contributed by atoms with Crippen LogP contribution >= 0.6 is 11.6 Å². The molecule has 4 rings (SSSR count). The Balaban J connectivity index is 1.59. The number of ether oxygens (including phenoxy) is 1. The van der Waals surface area contributed by atoms with Crippen LogP contribution in [-0.2, 0) is 11.3 Å². The van der Waals surface area contributed by atoms with E-state index in [0.29, 0.717) is 24.8 Å². The summed E-state index contributed by atoms with van der Waals surface area (Å²) in [6.07, 6.45) is 6.27. The molecule has 4 heterocycles. The minimum atomic E-state index is -0.0137. The zero-order valence-corrected chi connectivity index (χ0v) is 15.7. The lowest BCUT2D eigenvalue weighted by Crippen LogP contribution is -2.40. The monoisotopic (exact) mass is 385 g/mol. The van der Waals surface area contributed by atoms with Gasteiger partial charge in [-0.15, -0.1) is 0 Å². The van der Waals surface area contributed by atoms with E-state index in [4.69, 9.17) is 16.3 Å². The molecule has 27 heavy (non-hydrogen) atoms. The van der Waals surface area contributed by atoms with Gasteiger partial charge in [-0.05, 0) is 24.6 Å². The van der Waals surface area contributed by atoms with Crippen molar-refractivity contribution in [1.29, 1.82) is 0 Å². The van der Waals surface area contributed by atoms with Crippen LogP contribution in [0.5, 0.6) is 0 Å². The molecule has 0 unspecified atom stereocenters. The minimum absolute atomic E-state index is 0.0137. The van der Waals surface area contributed by atoms with E-state index in [9.17, 15) is 4.79 Å². The Morgan fingerprint density at radius 3 is 2.89 bits per heavy atom. The average Bonchev–Trinajstić information content (AvgIpc) is 3.10. The van der Waals surface area contributed by atoms with Crippen molar-refractivity contribution in [2.45, 2.75) is 25.9 Å². The molecule has 0 atom stereocenters. The Hall–Kier alpha value is -2.64.